The van der Waals surface area contributed by atoms with E-state index in [9.17, 15) is 10.1 Å². The van der Waals surface area contributed by atoms with E-state index in [-0.39, 0.29) is 10.6 Å². The molecule has 0 aromatic heterocycles. The van der Waals surface area contributed by atoms with Crippen LogP contribution in [-0.2, 0) is 0 Å². The summed E-state index contributed by atoms with van der Waals surface area (Å²) in [5.74, 6) is 0. The minimum absolute atomic E-state index is 0.202. The first-order chi connectivity index (χ1) is 5.54. The lowest BCUT2D eigenvalue weighted by Crippen LogP contribution is -1.95. The number of hydrogen-bond donors (Lipinski definition) is 0. The first-order valence-corrected chi connectivity index (χ1v) is 4.52. The summed E-state index contributed by atoms with van der Waals surface area (Å²) in [5, 5.41) is 10.5. The van der Waals surface area contributed by atoms with Crippen LogP contribution < -0.4 is 0 Å². The van der Waals surface area contributed by atoms with Crippen LogP contribution in [0.5, 0.6) is 0 Å². The van der Waals surface area contributed by atoms with Crippen molar-refractivity contribution in [2.24, 2.45) is 0 Å². The molecule has 0 saturated heterocycles. The summed E-state index contributed by atoms with van der Waals surface area (Å²) in [6, 6.07) is 3.31. The van der Waals surface area contributed by atoms with Crippen molar-refractivity contribution in [2.75, 3.05) is 0 Å². The van der Waals surface area contributed by atoms with Crippen molar-refractivity contribution in [2.45, 2.75) is 13.8 Å². The van der Waals surface area contributed by atoms with E-state index in [1.165, 1.54) is 0 Å². The second-order valence-corrected chi connectivity index (χ2v) is 3.74. The van der Waals surface area contributed by atoms with Crippen LogP contribution in [0, 0.1) is 27.5 Å². The average Bonchev–Trinajstić information content (AvgIpc) is 2.00. The van der Waals surface area contributed by atoms with Crippen molar-refractivity contribution in [3.63, 3.8) is 0 Å². The van der Waals surface area contributed by atoms with Gasteiger partial charge in [0.25, 0.3) is 5.69 Å². The standard InChI is InChI=1S/C8H8INO2/c1-5-6(2)8(10(11)12)4-3-7(5)9/h3-4H,1-2H3. The Hall–Kier alpha value is -0.650. The van der Waals surface area contributed by atoms with Crippen LogP contribution in [0.1, 0.15) is 11.1 Å². The van der Waals surface area contributed by atoms with E-state index >= 15 is 0 Å². The van der Waals surface area contributed by atoms with Gasteiger partial charge in [0.2, 0.25) is 0 Å². The van der Waals surface area contributed by atoms with Crippen molar-refractivity contribution in [1.29, 1.82) is 0 Å². The van der Waals surface area contributed by atoms with Gasteiger partial charge in [-0.1, -0.05) is 0 Å². The molecule has 0 unspecified atom stereocenters. The number of benzene rings is 1. The molecule has 0 heterocycles. The van der Waals surface area contributed by atoms with E-state index in [4.69, 9.17) is 0 Å². The molecule has 0 atom stereocenters. The van der Waals surface area contributed by atoms with E-state index in [0.717, 1.165) is 14.7 Å². The number of hydrogen-bond acceptors (Lipinski definition) is 2. The van der Waals surface area contributed by atoms with Gasteiger partial charge >= 0.3 is 0 Å². The van der Waals surface area contributed by atoms with Gasteiger partial charge in [-0.05, 0) is 48.1 Å². The first kappa shape index (κ1) is 9.44. The van der Waals surface area contributed by atoms with Gasteiger partial charge in [0.15, 0.2) is 0 Å². The average molecular weight is 277 g/mol. The highest BCUT2D eigenvalue weighted by atomic mass is 127. The summed E-state index contributed by atoms with van der Waals surface area (Å²) in [7, 11) is 0. The Kier molecular flexibility index (Phi) is 2.66. The number of halogens is 1. The van der Waals surface area contributed by atoms with Crippen molar-refractivity contribution in [1.82, 2.24) is 0 Å². The van der Waals surface area contributed by atoms with Gasteiger partial charge < -0.3 is 0 Å². The molecule has 0 spiro atoms. The second kappa shape index (κ2) is 3.38. The molecule has 0 aliphatic rings. The number of rotatable bonds is 1. The molecule has 64 valence electrons. The van der Waals surface area contributed by atoms with Gasteiger partial charge in [-0.25, -0.2) is 0 Å². The van der Waals surface area contributed by atoms with Crippen LogP contribution in [0.15, 0.2) is 12.1 Å². The molecule has 0 aliphatic heterocycles. The minimum atomic E-state index is -0.349. The predicted octanol–water partition coefficient (Wildman–Crippen LogP) is 2.82. The van der Waals surface area contributed by atoms with Crippen LogP contribution in [0.3, 0.4) is 0 Å². The number of nitro groups is 1. The Labute approximate surface area is 84.1 Å². The molecule has 1 rings (SSSR count). The fourth-order valence-corrected chi connectivity index (χ4v) is 1.56. The summed E-state index contributed by atoms with van der Waals surface area (Å²) in [6.45, 7) is 3.67. The molecular weight excluding hydrogens is 269 g/mol. The Morgan fingerprint density at radius 3 is 2.42 bits per heavy atom. The van der Waals surface area contributed by atoms with Crippen molar-refractivity contribution < 1.29 is 4.92 Å². The van der Waals surface area contributed by atoms with E-state index in [1.807, 2.05) is 6.92 Å². The maximum Gasteiger partial charge on any atom is 0.272 e. The number of nitrogens with zero attached hydrogens (tertiary/aromatic N) is 1. The van der Waals surface area contributed by atoms with Gasteiger partial charge in [-0.2, -0.15) is 0 Å². The fourth-order valence-electron chi connectivity index (χ4n) is 0.971. The van der Waals surface area contributed by atoms with E-state index in [1.54, 1.807) is 19.1 Å². The third kappa shape index (κ3) is 1.57. The van der Waals surface area contributed by atoms with Crippen LogP contribution in [0.2, 0.25) is 0 Å². The Morgan fingerprint density at radius 2 is 1.92 bits per heavy atom. The zero-order chi connectivity index (χ0) is 9.30. The lowest BCUT2D eigenvalue weighted by atomic mass is 10.1. The maximum absolute atomic E-state index is 10.5. The molecule has 0 N–H and O–H groups in total. The zero-order valence-electron chi connectivity index (χ0n) is 6.80. The molecule has 1 aromatic carbocycles. The predicted molar refractivity (Wildman–Crippen MR) is 55.3 cm³/mol. The van der Waals surface area contributed by atoms with E-state index in [0.29, 0.717) is 0 Å². The molecule has 1 aromatic rings. The summed E-state index contributed by atoms with van der Waals surface area (Å²) in [4.78, 5) is 10.1. The molecule has 0 radical (unpaired) electrons. The topological polar surface area (TPSA) is 43.1 Å². The molecule has 0 aliphatic carbocycles. The SMILES string of the molecule is Cc1c(I)ccc([N+](=O)[O-])c1C. The molecule has 0 amide bonds. The Bertz CT molecular complexity index is 336. The van der Waals surface area contributed by atoms with Crippen LogP contribution in [0.4, 0.5) is 5.69 Å². The summed E-state index contributed by atoms with van der Waals surface area (Å²) >= 11 is 2.17. The Balaban J connectivity index is 3.36. The van der Waals surface area contributed by atoms with Gasteiger partial charge in [0.05, 0.1) is 4.92 Å². The molecule has 0 saturated carbocycles. The molecule has 12 heavy (non-hydrogen) atoms. The summed E-state index contributed by atoms with van der Waals surface area (Å²) in [6.07, 6.45) is 0. The van der Waals surface area contributed by atoms with E-state index in [2.05, 4.69) is 22.6 Å². The second-order valence-electron chi connectivity index (χ2n) is 2.57. The zero-order valence-corrected chi connectivity index (χ0v) is 8.95. The molecular formula is C8H8INO2. The molecule has 0 bridgehead atoms. The minimum Gasteiger partial charge on any atom is -0.258 e. The largest absolute Gasteiger partial charge is 0.272 e. The highest BCUT2D eigenvalue weighted by Crippen LogP contribution is 2.24. The van der Waals surface area contributed by atoms with Gasteiger partial charge in [-0.15, -0.1) is 0 Å². The van der Waals surface area contributed by atoms with Gasteiger partial charge in [-0.3, -0.25) is 10.1 Å². The van der Waals surface area contributed by atoms with Gasteiger partial charge in [0.1, 0.15) is 0 Å². The highest BCUT2D eigenvalue weighted by Gasteiger charge is 2.12. The van der Waals surface area contributed by atoms with Crippen molar-refractivity contribution in [3.8, 4) is 0 Å². The normalized spacial score (nSPS) is 9.92. The van der Waals surface area contributed by atoms with Gasteiger partial charge in [0, 0.05) is 15.2 Å². The quantitative estimate of drug-likeness (QED) is 0.450. The van der Waals surface area contributed by atoms with E-state index < -0.39 is 0 Å². The van der Waals surface area contributed by atoms with Crippen molar-refractivity contribution in [3.05, 3.63) is 36.9 Å². The third-order valence-corrected chi connectivity index (χ3v) is 3.06. The lowest BCUT2D eigenvalue weighted by molar-refractivity contribution is -0.385. The molecule has 4 heteroatoms. The maximum atomic E-state index is 10.5. The summed E-state index contributed by atoms with van der Waals surface area (Å²) < 4.78 is 1.07. The molecule has 0 fully saturated rings. The van der Waals surface area contributed by atoms with Crippen LogP contribution in [-0.4, -0.2) is 4.92 Å². The molecule has 3 nitrogen and oxygen atoms in total. The van der Waals surface area contributed by atoms with Crippen LogP contribution in [0.25, 0.3) is 0 Å². The van der Waals surface area contributed by atoms with Crippen LogP contribution >= 0.6 is 22.6 Å². The highest BCUT2D eigenvalue weighted by molar-refractivity contribution is 14.1. The monoisotopic (exact) mass is 277 g/mol. The Morgan fingerprint density at radius 1 is 1.33 bits per heavy atom. The first-order valence-electron chi connectivity index (χ1n) is 3.44. The van der Waals surface area contributed by atoms with Crippen molar-refractivity contribution >= 4 is 28.3 Å². The smallest absolute Gasteiger partial charge is 0.258 e. The fraction of sp³-hybridized carbons (Fsp3) is 0.250. The number of nitro benzene ring substituents is 1. The lowest BCUT2D eigenvalue weighted by Gasteiger charge is -2.02. The summed E-state index contributed by atoms with van der Waals surface area (Å²) in [5.41, 5.74) is 1.95. The third-order valence-electron chi connectivity index (χ3n) is 1.89.